The number of carbonyl (C=O) groups excluding carboxylic acids is 1. The van der Waals surface area contributed by atoms with Crippen molar-refractivity contribution in [3.8, 4) is 0 Å². The van der Waals surface area contributed by atoms with Gasteiger partial charge in [-0.2, -0.15) is 0 Å². The van der Waals surface area contributed by atoms with E-state index in [9.17, 15) is 4.79 Å². The van der Waals surface area contributed by atoms with Crippen molar-refractivity contribution in [2.75, 3.05) is 19.6 Å². The van der Waals surface area contributed by atoms with Gasteiger partial charge in [-0.25, -0.2) is 4.99 Å². The highest BCUT2D eigenvalue weighted by molar-refractivity contribution is 6.33. The molecule has 4 N–H and O–H groups in total. The van der Waals surface area contributed by atoms with Gasteiger partial charge in [0.15, 0.2) is 5.96 Å². The molecule has 0 unspecified atom stereocenters. The average Bonchev–Trinajstić information content (AvgIpc) is 2.41. The maximum absolute atomic E-state index is 11.8. The first-order chi connectivity index (χ1) is 9.50. The summed E-state index contributed by atoms with van der Waals surface area (Å²) in [7, 11) is 0. The lowest BCUT2D eigenvalue weighted by Crippen LogP contribution is -2.38. The van der Waals surface area contributed by atoms with E-state index in [1.807, 2.05) is 6.92 Å². The summed E-state index contributed by atoms with van der Waals surface area (Å²) in [6.07, 6.45) is 0. The van der Waals surface area contributed by atoms with Crippen LogP contribution in [0, 0.1) is 0 Å². The molecular weight excluding hydrogens is 276 g/mol. The number of guanidine groups is 1. The highest BCUT2D eigenvalue weighted by Gasteiger charge is 2.07. The molecule has 0 bridgehead atoms. The number of hydrogen-bond acceptors (Lipinski definition) is 2. The predicted molar refractivity (Wildman–Crippen MR) is 83.1 cm³/mol. The van der Waals surface area contributed by atoms with E-state index in [0.717, 1.165) is 5.57 Å². The summed E-state index contributed by atoms with van der Waals surface area (Å²) < 4.78 is 0. The standard InChI is InChI=1S/C14H19ClN4O/c1-10(2)9-19-14(16)18-8-7-17-13(20)11-5-3-4-6-12(11)15/h3-6H,1,7-9H2,2H3,(H,17,20)(H3,16,18,19). The number of aliphatic imine (C=N–C) groups is 1. The molecule has 0 atom stereocenters. The van der Waals surface area contributed by atoms with E-state index in [-0.39, 0.29) is 5.91 Å². The Kier molecular flexibility index (Phi) is 6.59. The molecule has 1 aromatic carbocycles. The van der Waals surface area contributed by atoms with Gasteiger partial charge in [0, 0.05) is 13.1 Å². The van der Waals surface area contributed by atoms with E-state index in [1.165, 1.54) is 0 Å². The Morgan fingerprint density at radius 2 is 2.00 bits per heavy atom. The zero-order valence-corrected chi connectivity index (χ0v) is 12.2. The number of nitrogens with two attached hydrogens (primary N) is 1. The number of hydrogen-bond donors (Lipinski definition) is 3. The Hall–Kier alpha value is -2.01. The van der Waals surface area contributed by atoms with E-state index < -0.39 is 0 Å². The highest BCUT2D eigenvalue weighted by atomic mass is 35.5. The third-order valence-corrected chi connectivity index (χ3v) is 2.68. The van der Waals surface area contributed by atoms with Crippen molar-refractivity contribution in [2.24, 2.45) is 10.7 Å². The number of benzene rings is 1. The molecule has 0 saturated carbocycles. The van der Waals surface area contributed by atoms with Gasteiger partial charge in [0.05, 0.1) is 17.1 Å². The third-order valence-electron chi connectivity index (χ3n) is 2.35. The first-order valence-corrected chi connectivity index (χ1v) is 6.59. The molecule has 0 heterocycles. The van der Waals surface area contributed by atoms with Crippen LogP contribution in [0.15, 0.2) is 41.4 Å². The van der Waals surface area contributed by atoms with Gasteiger partial charge in [-0.15, -0.1) is 0 Å². The summed E-state index contributed by atoms with van der Waals surface area (Å²) in [6.45, 7) is 7.01. The molecule has 0 aliphatic carbocycles. The molecule has 1 aromatic rings. The van der Waals surface area contributed by atoms with E-state index in [4.69, 9.17) is 17.3 Å². The van der Waals surface area contributed by atoms with Crippen LogP contribution in [0.3, 0.4) is 0 Å². The van der Waals surface area contributed by atoms with Crippen LogP contribution in [0.25, 0.3) is 0 Å². The second-order valence-electron chi connectivity index (χ2n) is 4.32. The van der Waals surface area contributed by atoms with Gasteiger partial charge in [-0.1, -0.05) is 35.9 Å². The molecular formula is C14H19ClN4O. The second-order valence-corrected chi connectivity index (χ2v) is 4.73. The minimum atomic E-state index is -0.213. The van der Waals surface area contributed by atoms with Gasteiger partial charge in [0.1, 0.15) is 0 Å². The summed E-state index contributed by atoms with van der Waals surface area (Å²) in [6, 6.07) is 6.89. The fourth-order valence-electron chi connectivity index (χ4n) is 1.38. The topological polar surface area (TPSA) is 79.5 Å². The van der Waals surface area contributed by atoms with Gasteiger partial charge < -0.3 is 16.4 Å². The molecule has 0 spiro atoms. The molecule has 1 rings (SSSR count). The Morgan fingerprint density at radius 1 is 1.35 bits per heavy atom. The molecule has 6 heteroatoms. The Labute approximate surface area is 123 Å². The molecule has 0 aromatic heterocycles. The average molecular weight is 295 g/mol. The monoisotopic (exact) mass is 294 g/mol. The minimum absolute atomic E-state index is 0.213. The summed E-state index contributed by atoms with van der Waals surface area (Å²) in [5.74, 6) is 0.120. The van der Waals surface area contributed by atoms with E-state index >= 15 is 0 Å². The quantitative estimate of drug-likeness (QED) is 0.322. The maximum atomic E-state index is 11.8. The number of nitrogens with zero attached hydrogens (tertiary/aromatic N) is 1. The molecule has 0 aliphatic heterocycles. The summed E-state index contributed by atoms with van der Waals surface area (Å²) >= 11 is 5.93. The van der Waals surface area contributed by atoms with Gasteiger partial charge >= 0.3 is 0 Å². The molecule has 20 heavy (non-hydrogen) atoms. The number of amides is 1. The smallest absolute Gasteiger partial charge is 0.252 e. The van der Waals surface area contributed by atoms with Crippen LogP contribution < -0.4 is 16.4 Å². The van der Waals surface area contributed by atoms with Crippen molar-refractivity contribution in [3.05, 3.63) is 47.0 Å². The zero-order valence-electron chi connectivity index (χ0n) is 11.4. The van der Waals surface area contributed by atoms with Crippen molar-refractivity contribution >= 4 is 23.5 Å². The van der Waals surface area contributed by atoms with Crippen LogP contribution in [0.4, 0.5) is 0 Å². The second kappa shape index (κ2) is 8.22. The van der Waals surface area contributed by atoms with E-state index in [1.54, 1.807) is 24.3 Å². The largest absolute Gasteiger partial charge is 0.370 e. The molecule has 0 radical (unpaired) electrons. The van der Waals surface area contributed by atoms with Crippen LogP contribution in [0.5, 0.6) is 0 Å². The summed E-state index contributed by atoms with van der Waals surface area (Å²) in [4.78, 5) is 15.9. The van der Waals surface area contributed by atoms with Crippen LogP contribution in [-0.4, -0.2) is 31.5 Å². The maximum Gasteiger partial charge on any atom is 0.252 e. The van der Waals surface area contributed by atoms with Crippen LogP contribution in [0.1, 0.15) is 17.3 Å². The SMILES string of the molecule is C=C(C)CN=C(N)NCCNC(=O)c1ccccc1Cl. The highest BCUT2D eigenvalue weighted by Crippen LogP contribution is 2.14. The molecule has 0 aliphatic rings. The molecule has 108 valence electrons. The fraction of sp³-hybridized carbons (Fsp3) is 0.286. The van der Waals surface area contributed by atoms with Gasteiger partial charge in [0.2, 0.25) is 0 Å². The molecule has 0 fully saturated rings. The lowest BCUT2D eigenvalue weighted by molar-refractivity contribution is 0.0954. The number of halogens is 1. The van der Waals surface area contributed by atoms with E-state index in [0.29, 0.717) is 36.2 Å². The van der Waals surface area contributed by atoms with Crippen molar-refractivity contribution < 1.29 is 4.79 Å². The first kappa shape index (κ1) is 16.0. The Bertz CT molecular complexity index is 514. The number of nitrogens with one attached hydrogen (secondary N) is 2. The van der Waals surface area contributed by atoms with Crippen molar-refractivity contribution in [3.63, 3.8) is 0 Å². The van der Waals surface area contributed by atoms with Gasteiger partial charge in [0.25, 0.3) is 5.91 Å². The Morgan fingerprint density at radius 3 is 2.65 bits per heavy atom. The number of rotatable bonds is 6. The molecule has 1 amide bonds. The van der Waals surface area contributed by atoms with Crippen molar-refractivity contribution in [1.82, 2.24) is 10.6 Å². The van der Waals surface area contributed by atoms with Crippen LogP contribution >= 0.6 is 11.6 Å². The predicted octanol–water partition coefficient (Wildman–Crippen LogP) is 1.55. The first-order valence-electron chi connectivity index (χ1n) is 6.21. The Balaban J connectivity index is 2.31. The minimum Gasteiger partial charge on any atom is -0.370 e. The molecule has 5 nitrogen and oxygen atoms in total. The summed E-state index contributed by atoms with van der Waals surface area (Å²) in [5, 5.41) is 6.08. The number of carbonyl (C=O) groups is 1. The molecule has 0 saturated heterocycles. The van der Waals surface area contributed by atoms with Crippen molar-refractivity contribution in [2.45, 2.75) is 6.92 Å². The van der Waals surface area contributed by atoms with Crippen LogP contribution in [-0.2, 0) is 0 Å². The van der Waals surface area contributed by atoms with Gasteiger partial charge in [-0.05, 0) is 19.1 Å². The van der Waals surface area contributed by atoms with Crippen molar-refractivity contribution in [1.29, 1.82) is 0 Å². The van der Waals surface area contributed by atoms with Crippen LogP contribution in [0.2, 0.25) is 5.02 Å². The van der Waals surface area contributed by atoms with E-state index in [2.05, 4.69) is 22.2 Å². The fourth-order valence-corrected chi connectivity index (χ4v) is 1.60. The summed E-state index contributed by atoms with van der Waals surface area (Å²) in [5.41, 5.74) is 7.03. The normalized spacial score (nSPS) is 11.0. The van der Waals surface area contributed by atoms with Gasteiger partial charge in [-0.3, -0.25) is 4.79 Å². The zero-order chi connectivity index (χ0) is 15.0. The lowest BCUT2D eigenvalue weighted by Gasteiger charge is -2.08. The third kappa shape index (κ3) is 5.75. The lowest BCUT2D eigenvalue weighted by atomic mass is 10.2.